The minimum absolute atomic E-state index is 0.0392. The van der Waals surface area contributed by atoms with Crippen molar-refractivity contribution in [2.24, 2.45) is 0 Å². The van der Waals surface area contributed by atoms with Crippen LogP contribution < -0.4 is 5.32 Å². The van der Waals surface area contributed by atoms with Crippen molar-refractivity contribution in [2.45, 2.75) is 44.2 Å². The van der Waals surface area contributed by atoms with Crippen molar-refractivity contribution in [2.75, 3.05) is 14.1 Å². The molecule has 1 aromatic rings. The first-order chi connectivity index (χ1) is 9.34. The minimum Gasteiger partial charge on any atom is -0.316 e. The van der Waals surface area contributed by atoms with Gasteiger partial charge in [-0.2, -0.15) is 4.31 Å². The van der Waals surface area contributed by atoms with E-state index in [2.05, 4.69) is 5.32 Å². The summed E-state index contributed by atoms with van der Waals surface area (Å²) in [6.07, 6.45) is 1.67. The maximum absolute atomic E-state index is 13.4. The molecular weight excluding hydrogens is 279 g/mol. The van der Waals surface area contributed by atoms with Crippen LogP contribution in [0.15, 0.2) is 23.1 Å². The molecule has 6 heteroatoms. The maximum Gasteiger partial charge on any atom is 0.243 e. The van der Waals surface area contributed by atoms with Crippen molar-refractivity contribution in [3.05, 3.63) is 29.6 Å². The van der Waals surface area contributed by atoms with E-state index in [0.717, 1.165) is 18.9 Å². The highest BCUT2D eigenvalue weighted by Crippen LogP contribution is 2.23. The first-order valence-corrected chi connectivity index (χ1v) is 8.19. The standard InChI is InChI=1S/C14H23FN2O2S/c1-5-6-11(2)17(4)20(18,19)14-9-13(15)8-7-12(14)10-16-3/h7-9,11,16H,5-6,10H2,1-4H3. The average Bonchev–Trinajstić information content (AvgIpc) is 2.40. The van der Waals surface area contributed by atoms with E-state index in [9.17, 15) is 12.8 Å². The van der Waals surface area contributed by atoms with E-state index in [0.29, 0.717) is 12.1 Å². The van der Waals surface area contributed by atoms with Gasteiger partial charge in [0.2, 0.25) is 10.0 Å². The van der Waals surface area contributed by atoms with Crippen LogP contribution in [0.5, 0.6) is 0 Å². The lowest BCUT2D eigenvalue weighted by Gasteiger charge is -2.25. The molecule has 0 aliphatic heterocycles. The van der Waals surface area contributed by atoms with Crippen LogP contribution in [0.3, 0.4) is 0 Å². The zero-order chi connectivity index (χ0) is 15.3. The molecule has 0 amide bonds. The summed E-state index contributed by atoms with van der Waals surface area (Å²) < 4.78 is 40.0. The minimum atomic E-state index is -3.68. The molecule has 0 saturated carbocycles. The Kier molecular flexibility index (Phi) is 6.10. The molecule has 4 nitrogen and oxygen atoms in total. The highest BCUT2D eigenvalue weighted by Gasteiger charge is 2.27. The van der Waals surface area contributed by atoms with Crippen LogP contribution in [-0.2, 0) is 16.6 Å². The van der Waals surface area contributed by atoms with Crippen LogP contribution in [0.4, 0.5) is 4.39 Å². The molecule has 0 aliphatic carbocycles. The van der Waals surface area contributed by atoms with E-state index in [4.69, 9.17) is 0 Å². The molecule has 0 radical (unpaired) electrons. The summed E-state index contributed by atoms with van der Waals surface area (Å²) in [6, 6.07) is 3.77. The Labute approximate surface area is 121 Å². The largest absolute Gasteiger partial charge is 0.316 e. The van der Waals surface area contributed by atoms with Gasteiger partial charge in [0.15, 0.2) is 0 Å². The lowest BCUT2D eigenvalue weighted by Crippen LogP contribution is -2.35. The second kappa shape index (κ2) is 7.15. The van der Waals surface area contributed by atoms with Gasteiger partial charge < -0.3 is 5.32 Å². The molecular formula is C14H23FN2O2S. The summed E-state index contributed by atoms with van der Waals surface area (Å²) in [6.45, 7) is 4.24. The fourth-order valence-corrected chi connectivity index (χ4v) is 3.72. The number of sulfonamides is 1. The lowest BCUT2D eigenvalue weighted by atomic mass is 10.2. The number of hydrogen-bond donors (Lipinski definition) is 1. The third-order valence-electron chi connectivity index (χ3n) is 3.38. The predicted octanol–water partition coefficient (Wildman–Crippen LogP) is 2.35. The smallest absolute Gasteiger partial charge is 0.243 e. The Morgan fingerprint density at radius 1 is 1.40 bits per heavy atom. The SMILES string of the molecule is CCCC(C)N(C)S(=O)(=O)c1cc(F)ccc1CNC. The van der Waals surface area contributed by atoms with Crippen LogP contribution in [0, 0.1) is 5.82 Å². The predicted molar refractivity (Wildman–Crippen MR) is 78.5 cm³/mol. The van der Waals surface area contributed by atoms with Crippen LogP contribution in [-0.4, -0.2) is 32.9 Å². The first kappa shape index (κ1) is 17.1. The first-order valence-electron chi connectivity index (χ1n) is 6.75. The second-order valence-electron chi connectivity index (χ2n) is 4.94. The topological polar surface area (TPSA) is 49.4 Å². The van der Waals surface area contributed by atoms with E-state index in [-0.39, 0.29) is 10.9 Å². The highest BCUT2D eigenvalue weighted by molar-refractivity contribution is 7.89. The quantitative estimate of drug-likeness (QED) is 0.841. The van der Waals surface area contributed by atoms with Gasteiger partial charge >= 0.3 is 0 Å². The van der Waals surface area contributed by atoms with E-state index >= 15 is 0 Å². The van der Waals surface area contributed by atoms with Crippen LogP contribution in [0.1, 0.15) is 32.3 Å². The summed E-state index contributed by atoms with van der Waals surface area (Å²) in [5.41, 5.74) is 0.574. The molecule has 1 N–H and O–H groups in total. The lowest BCUT2D eigenvalue weighted by molar-refractivity contribution is 0.368. The molecule has 1 atom stereocenters. The number of rotatable bonds is 7. The van der Waals surface area contributed by atoms with Crippen LogP contribution in [0.25, 0.3) is 0 Å². The van der Waals surface area contributed by atoms with Gasteiger partial charge in [0.1, 0.15) is 5.82 Å². The Balaban J connectivity index is 3.23. The zero-order valence-corrected chi connectivity index (χ0v) is 13.3. The monoisotopic (exact) mass is 302 g/mol. The highest BCUT2D eigenvalue weighted by atomic mass is 32.2. The molecule has 0 spiro atoms. The second-order valence-corrected chi connectivity index (χ2v) is 6.91. The Hall–Kier alpha value is -0.980. The number of benzene rings is 1. The normalized spacial score (nSPS) is 13.7. The number of nitrogens with zero attached hydrogens (tertiary/aromatic N) is 1. The number of nitrogens with one attached hydrogen (secondary N) is 1. The summed E-state index contributed by atoms with van der Waals surface area (Å²) in [5, 5.41) is 2.90. The van der Waals surface area contributed by atoms with E-state index < -0.39 is 15.8 Å². The number of hydrogen-bond acceptors (Lipinski definition) is 3. The molecule has 0 bridgehead atoms. The van der Waals surface area contributed by atoms with Gasteiger partial charge in [-0.15, -0.1) is 0 Å². The van der Waals surface area contributed by atoms with Gasteiger partial charge in [0.05, 0.1) is 4.90 Å². The van der Waals surface area contributed by atoms with Gasteiger partial charge in [0.25, 0.3) is 0 Å². The summed E-state index contributed by atoms with van der Waals surface area (Å²) in [7, 11) is -0.412. The van der Waals surface area contributed by atoms with Crippen LogP contribution >= 0.6 is 0 Å². The fraction of sp³-hybridized carbons (Fsp3) is 0.571. The molecule has 0 fully saturated rings. The fourth-order valence-electron chi connectivity index (χ4n) is 2.10. The van der Waals surface area contributed by atoms with Crippen molar-refractivity contribution in [1.29, 1.82) is 0 Å². The van der Waals surface area contributed by atoms with Crippen molar-refractivity contribution in [3.63, 3.8) is 0 Å². The molecule has 0 saturated heterocycles. The third kappa shape index (κ3) is 3.77. The molecule has 1 aromatic carbocycles. The van der Waals surface area contributed by atoms with Gasteiger partial charge in [0, 0.05) is 19.6 Å². The average molecular weight is 302 g/mol. The Bertz CT molecular complexity index is 546. The zero-order valence-electron chi connectivity index (χ0n) is 12.5. The van der Waals surface area contributed by atoms with Crippen molar-refractivity contribution < 1.29 is 12.8 Å². The van der Waals surface area contributed by atoms with Crippen LogP contribution in [0.2, 0.25) is 0 Å². The Morgan fingerprint density at radius 2 is 2.05 bits per heavy atom. The molecule has 1 unspecified atom stereocenters. The molecule has 1 rings (SSSR count). The molecule has 114 valence electrons. The van der Waals surface area contributed by atoms with Crippen molar-refractivity contribution >= 4 is 10.0 Å². The maximum atomic E-state index is 13.4. The van der Waals surface area contributed by atoms with Gasteiger partial charge in [-0.3, -0.25) is 0 Å². The Morgan fingerprint density at radius 3 is 2.60 bits per heavy atom. The third-order valence-corrected chi connectivity index (χ3v) is 5.43. The summed E-state index contributed by atoms with van der Waals surface area (Å²) in [5.74, 6) is -0.542. The van der Waals surface area contributed by atoms with Gasteiger partial charge in [-0.1, -0.05) is 19.4 Å². The summed E-state index contributed by atoms with van der Waals surface area (Å²) in [4.78, 5) is 0.0392. The van der Waals surface area contributed by atoms with Crippen molar-refractivity contribution in [3.8, 4) is 0 Å². The molecule has 20 heavy (non-hydrogen) atoms. The molecule has 0 heterocycles. The van der Waals surface area contributed by atoms with E-state index in [1.54, 1.807) is 14.1 Å². The molecule has 0 aromatic heterocycles. The van der Waals surface area contributed by atoms with E-state index in [1.807, 2.05) is 13.8 Å². The number of halogens is 1. The van der Waals surface area contributed by atoms with Gasteiger partial charge in [-0.25, -0.2) is 12.8 Å². The van der Waals surface area contributed by atoms with Gasteiger partial charge in [-0.05, 0) is 38.1 Å². The van der Waals surface area contributed by atoms with Crippen molar-refractivity contribution in [1.82, 2.24) is 9.62 Å². The summed E-state index contributed by atoms with van der Waals surface area (Å²) >= 11 is 0. The van der Waals surface area contributed by atoms with E-state index in [1.165, 1.54) is 16.4 Å². The molecule has 0 aliphatic rings.